The second-order valence-electron chi connectivity index (χ2n) is 5.67. The van der Waals surface area contributed by atoms with Crippen molar-refractivity contribution < 1.29 is 8.95 Å². The first kappa shape index (κ1) is 16.5. The predicted molar refractivity (Wildman–Crippen MR) is 88.4 cm³/mol. The zero-order valence-electron chi connectivity index (χ0n) is 13.1. The summed E-state index contributed by atoms with van der Waals surface area (Å²) in [4.78, 5) is 0.921. The number of methoxy groups -OCH3 is 1. The quantitative estimate of drug-likeness (QED) is 0.904. The van der Waals surface area contributed by atoms with E-state index in [-0.39, 0.29) is 5.25 Å². The lowest BCUT2D eigenvalue weighted by Gasteiger charge is -2.29. The molecule has 1 aromatic rings. The summed E-state index contributed by atoms with van der Waals surface area (Å²) in [5.41, 5.74) is 0. The summed E-state index contributed by atoms with van der Waals surface area (Å²) in [7, 11) is 0.706. The highest BCUT2D eigenvalue weighted by molar-refractivity contribution is 7.85. The molecule has 3 atom stereocenters. The molecule has 3 unspecified atom stereocenters. The van der Waals surface area contributed by atoms with Crippen molar-refractivity contribution in [3.05, 3.63) is 24.3 Å². The topological polar surface area (TPSA) is 38.3 Å². The van der Waals surface area contributed by atoms with E-state index in [4.69, 9.17) is 4.74 Å². The summed E-state index contributed by atoms with van der Waals surface area (Å²) < 4.78 is 18.2. The second kappa shape index (κ2) is 8.54. The van der Waals surface area contributed by atoms with Gasteiger partial charge in [-0.05, 0) is 43.7 Å². The molecule has 1 aromatic carbocycles. The molecule has 0 bridgehead atoms. The third-order valence-corrected chi connectivity index (χ3v) is 6.09. The minimum atomic E-state index is -0.949. The Kier molecular flexibility index (Phi) is 6.71. The first-order valence-corrected chi connectivity index (χ1v) is 9.25. The molecule has 118 valence electrons. The summed E-state index contributed by atoms with van der Waals surface area (Å²) >= 11 is 0. The molecule has 1 saturated carbocycles. The normalized spacial score (nSPS) is 24.9. The van der Waals surface area contributed by atoms with E-state index < -0.39 is 10.8 Å². The van der Waals surface area contributed by atoms with Crippen LogP contribution in [0.4, 0.5) is 0 Å². The molecule has 0 heterocycles. The summed E-state index contributed by atoms with van der Waals surface area (Å²) in [6.45, 7) is 3.08. The van der Waals surface area contributed by atoms with Gasteiger partial charge in [0.05, 0.1) is 23.2 Å². The highest BCUT2D eigenvalue weighted by Crippen LogP contribution is 2.26. The number of ether oxygens (including phenoxy) is 1. The van der Waals surface area contributed by atoms with Crippen LogP contribution in [0.3, 0.4) is 0 Å². The van der Waals surface area contributed by atoms with Gasteiger partial charge in [-0.3, -0.25) is 4.21 Å². The van der Waals surface area contributed by atoms with Crippen LogP contribution in [0, 0.1) is 0 Å². The molecule has 2 rings (SSSR count). The van der Waals surface area contributed by atoms with Gasteiger partial charge in [0.2, 0.25) is 0 Å². The Morgan fingerprint density at radius 3 is 2.43 bits per heavy atom. The van der Waals surface area contributed by atoms with Crippen molar-refractivity contribution in [1.82, 2.24) is 5.32 Å². The number of rotatable bonds is 5. The summed E-state index contributed by atoms with van der Waals surface area (Å²) in [5.74, 6) is 0.816. The van der Waals surface area contributed by atoms with Gasteiger partial charge in [-0.2, -0.15) is 0 Å². The van der Waals surface area contributed by atoms with Gasteiger partial charge in [-0.15, -0.1) is 0 Å². The molecule has 1 fully saturated rings. The van der Waals surface area contributed by atoms with Gasteiger partial charge in [0.15, 0.2) is 0 Å². The van der Waals surface area contributed by atoms with E-state index in [1.54, 1.807) is 7.11 Å². The Hall–Kier alpha value is -0.870. The van der Waals surface area contributed by atoms with Crippen LogP contribution < -0.4 is 10.1 Å². The zero-order chi connectivity index (χ0) is 15.1. The van der Waals surface area contributed by atoms with Crippen molar-refractivity contribution in [2.45, 2.75) is 61.6 Å². The highest BCUT2D eigenvalue weighted by atomic mass is 32.2. The highest BCUT2D eigenvalue weighted by Gasteiger charge is 2.28. The average molecular weight is 309 g/mol. The van der Waals surface area contributed by atoms with Crippen LogP contribution in [0.25, 0.3) is 0 Å². The van der Waals surface area contributed by atoms with Crippen molar-refractivity contribution in [2.75, 3.05) is 13.7 Å². The number of nitrogens with one attached hydrogen (secondary N) is 1. The minimum absolute atomic E-state index is 0.221. The van der Waals surface area contributed by atoms with Gasteiger partial charge < -0.3 is 10.1 Å². The fourth-order valence-corrected chi connectivity index (χ4v) is 4.75. The molecule has 21 heavy (non-hydrogen) atoms. The summed E-state index contributed by atoms with van der Waals surface area (Å²) in [6.07, 6.45) is 7.21. The largest absolute Gasteiger partial charge is 0.497 e. The van der Waals surface area contributed by atoms with Crippen molar-refractivity contribution >= 4 is 10.8 Å². The molecule has 0 saturated heterocycles. The van der Waals surface area contributed by atoms with Gasteiger partial charge in [0.25, 0.3) is 0 Å². The van der Waals surface area contributed by atoms with Gasteiger partial charge >= 0.3 is 0 Å². The first-order valence-electron chi connectivity index (χ1n) is 8.04. The molecule has 0 aliphatic heterocycles. The second-order valence-corrected chi connectivity index (χ2v) is 7.34. The van der Waals surface area contributed by atoms with Gasteiger partial charge in [-0.25, -0.2) is 0 Å². The molecule has 0 amide bonds. The lowest BCUT2D eigenvalue weighted by molar-refractivity contribution is 0.400. The van der Waals surface area contributed by atoms with Crippen molar-refractivity contribution in [2.24, 2.45) is 0 Å². The van der Waals surface area contributed by atoms with Gasteiger partial charge in [-0.1, -0.05) is 32.6 Å². The Morgan fingerprint density at radius 1 is 1.14 bits per heavy atom. The van der Waals surface area contributed by atoms with Gasteiger partial charge in [0, 0.05) is 10.9 Å². The average Bonchev–Trinajstić information content (AvgIpc) is 2.50. The maximum absolute atomic E-state index is 13.0. The van der Waals surface area contributed by atoms with Crippen molar-refractivity contribution in [3.63, 3.8) is 0 Å². The number of hydrogen-bond donors (Lipinski definition) is 1. The lowest BCUT2D eigenvalue weighted by Crippen LogP contribution is -2.42. The molecule has 0 radical (unpaired) electrons. The fraction of sp³-hybridized carbons (Fsp3) is 0.647. The van der Waals surface area contributed by atoms with Crippen LogP contribution in [0.2, 0.25) is 0 Å². The third-order valence-electron chi connectivity index (χ3n) is 4.24. The maximum Gasteiger partial charge on any atom is 0.118 e. The van der Waals surface area contributed by atoms with Crippen LogP contribution >= 0.6 is 0 Å². The standard InChI is InChI=1S/C17H27NO2S/c1-3-18-16-8-6-4-5-7-9-17(16)21(19)15-12-10-14(20-2)11-13-15/h10-13,16-18H,3-9H2,1-2H3. The van der Waals surface area contributed by atoms with Gasteiger partial charge in [0.1, 0.15) is 5.75 Å². The lowest BCUT2D eigenvalue weighted by atomic mass is 9.96. The van der Waals surface area contributed by atoms with Crippen molar-refractivity contribution in [1.29, 1.82) is 0 Å². The molecular formula is C17H27NO2S. The first-order chi connectivity index (χ1) is 10.3. The fourth-order valence-electron chi connectivity index (χ4n) is 3.09. The SMILES string of the molecule is CCNC1CCCCCCC1S(=O)c1ccc(OC)cc1. The Balaban J connectivity index is 2.14. The monoisotopic (exact) mass is 309 g/mol. The smallest absolute Gasteiger partial charge is 0.118 e. The Labute approximate surface area is 130 Å². The minimum Gasteiger partial charge on any atom is -0.497 e. The van der Waals surface area contributed by atoms with Crippen LogP contribution in [0.1, 0.15) is 45.4 Å². The van der Waals surface area contributed by atoms with E-state index in [2.05, 4.69) is 12.2 Å². The zero-order valence-corrected chi connectivity index (χ0v) is 14.0. The van der Waals surface area contributed by atoms with E-state index in [1.807, 2.05) is 24.3 Å². The maximum atomic E-state index is 13.0. The molecule has 0 aromatic heterocycles. The molecule has 4 heteroatoms. The molecular weight excluding hydrogens is 282 g/mol. The Bertz CT molecular complexity index is 447. The molecule has 0 spiro atoms. The van der Waals surface area contributed by atoms with E-state index in [0.717, 1.165) is 30.0 Å². The van der Waals surface area contributed by atoms with Crippen LogP contribution in [-0.4, -0.2) is 29.2 Å². The summed E-state index contributed by atoms with van der Waals surface area (Å²) in [5, 5.41) is 3.78. The summed E-state index contributed by atoms with van der Waals surface area (Å²) in [6, 6.07) is 8.06. The number of hydrogen-bond acceptors (Lipinski definition) is 3. The molecule has 1 aliphatic carbocycles. The van der Waals surface area contributed by atoms with Crippen molar-refractivity contribution in [3.8, 4) is 5.75 Å². The van der Waals surface area contributed by atoms with Crippen LogP contribution in [-0.2, 0) is 10.8 Å². The number of benzene rings is 1. The Morgan fingerprint density at radius 2 is 1.81 bits per heavy atom. The van der Waals surface area contributed by atoms with E-state index >= 15 is 0 Å². The van der Waals surface area contributed by atoms with Crippen LogP contribution in [0.15, 0.2) is 29.2 Å². The van der Waals surface area contributed by atoms with E-state index in [1.165, 1.54) is 25.7 Å². The molecule has 1 aliphatic rings. The van der Waals surface area contributed by atoms with E-state index in [9.17, 15) is 4.21 Å². The molecule has 1 N–H and O–H groups in total. The van der Waals surface area contributed by atoms with Crippen LogP contribution in [0.5, 0.6) is 5.75 Å². The predicted octanol–water partition coefficient (Wildman–Crippen LogP) is 3.50. The third kappa shape index (κ3) is 4.55. The molecule has 3 nitrogen and oxygen atoms in total. The van der Waals surface area contributed by atoms with E-state index in [0.29, 0.717) is 6.04 Å².